The number of carbonyl (C=O) groups excluding carboxylic acids is 2. The maximum Gasteiger partial charge on any atom is 0.262 e. The van der Waals surface area contributed by atoms with Crippen LogP contribution < -0.4 is 19.5 Å². The number of rotatable bonds is 7. The third-order valence-electron chi connectivity index (χ3n) is 5.12. The maximum absolute atomic E-state index is 12.8. The van der Waals surface area contributed by atoms with Gasteiger partial charge in [-0.25, -0.2) is 0 Å². The lowest BCUT2D eigenvalue weighted by molar-refractivity contribution is -0.118. The number of hydrogen-bond acceptors (Lipinski definition) is 8. The number of anilines is 1. The molecular formula is C23H20N4O5S. The first kappa shape index (κ1) is 21.1. The third kappa shape index (κ3) is 4.29. The first-order valence-electron chi connectivity index (χ1n) is 10.3. The second-order valence-electron chi connectivity index (χ2n) is 7.36. The summed E-state index contributed by atoms with van der Waals surface area (Å²) in [6.07, 6.45) is 1.31. The Morgan fingerprint density at radius 1 is 1.18 bits per heavy atom. The lowest BCUT2D eigenvalue weighted by atomic mass is 10.1. The van der Waals surface area contributed by atoms with Gasteiger partial charge in [-0.2, -0.15) is 0 Å². The van der Waals surface area contributed by atoms with Crippen LogP contribution in [-0.4, -0.2) is 45.4 Å². The molecule has 33 heavy (non-hydrogen) atoms. The zero-order chi connectivity index (χ0) is 22.8. The fraction of sp³-hybridized carbons (Fsp3) is 0.217. The molecule has 5 rings (SSSR count). The van der Waals surface area contributed by atoms with E-state index in [0.29, 0.717) is 52.6 Å². The molecule has 3 heterocycles. The molecule has 1 atom stereocenters. The van der Waals surface area contributed by atoms with E-state index in [1.165, 1.54) is 11.8 Å². The number of benzene rings is 2. The highest BCUT2D eigenvalue weighted by atomic mass is 32.2. The largest absolute Gasteiger partial charge is 0.485 e. The van der Waals surface area contributed by atoms with Crippen molar-refractivity contribution in [1.82, 2.24) is 14.8 Å². The zero-order valence-electron chi connectivity index (χ0n) is 17.5. The molecule has 0 bridgehead atoms. The molecule has 0 radical (unpaired) electrons. The quantitative estimate of drug-likeness (QED) is 0.323. The van der Waals surface area contributed by atoms with Gasteiger partial charge >= 0.3 is 0 Å². The van der Waals surface area contributed by atoms with Gasteiger partial charge in [0.15, 0.2) is 41.0 Å². The van der Waals surface area contributed by atoms with Crippen molar-refractivity contribution in [2.45, 2.75) is 17.8 Å². The monoisotopic (exact) mass is 464 g/mol. The smallest absolute Gasteiger partial charge is 0.262 e. The molecule has 1 aromatic heterocycles. The van der Waals surface area contributed by atoms with Crippen LogP contribution in [0, 0.1) is 0 Å². The van der Waals surface area contributed by atoms with Crippen molar-refractivity contribution in [3.05, 3.63) is 66.5 Å². The minimum absolute atomic E-state index is 0.0290. The Morgan fingerprint density at radius 3 is 2.88 bits per heavy atom. The van der Waals surface area contributed by atoms with Crippen molar-refractivity contribution in [3.63, 3.8) is 0 Å². The van der Waals surface area contributed by atoms with Crippen LogP contribution in [0.3, 0.4) is 0 Å². The molecule has 0 saturated carbocycles. The van der Waals surface area contributed by atoms with E-state index in [1.54, 1.807) is 24.3 Å². The van der Waals surface area contributed by atoms with Crippen LogP contribution in [0.25, 0.3) is 0 Å². The van der Waals surface area contributed by atoms with Gasteiger partial charge in [-0.1, -0.05) is 30.0 Å². The number of thioether (sulfide) groups is 1. The molecule has 2 aliphatic heterocycles. The van der Waals surface area contributed by atoms with Gasteiger partial charge < -0.3 is 19.5 Å². The maximum atomic E-state index is 12.8. The number of Topliss-reactive ketones (excluding diaryl/α,β-unsaturated/α-hetero) is 1. The number of ketones is 1. The Balaban J connectivity index is 1.31. The summed E-state index contributed by atoms with van der Waals surface area (Å²) in [6.45, 7) is 4.55. The highest BCUT2D eigenvalue weighted by Gasteiger charge is 2.28. The van der Waals surface area contributed by atoms with Crippen molar-refractivity contribution >= 4 is 29.1 Å². The van der Waals surface area contributed by atoms with E-state index in [4.69, 9.17) is 14.2 Å². The number of amides is 1. The van der Waals surface area contributed by atoms with Crippen LogP contribution in [0.2, 0.25) is 0 Å². The zero-order valence-corrected chi connectivity index (χ0v) is 18.3. The van der Waals surface area contributed by atoms with E-state index < -0.39 is 6.10 Å². The number of nitrogens with one attached hydrogen (secondary N) is 1. The molecule has 0 spiro atoms. The highest BCUT2D eigenvalue weighted by Crippen LogP contribution is 2.36. The van der Waals surface area contributed by atoms with Crippen LogP contribution >= 0.6 is 11.8 Å². The topological polar surface area (TPSA) is 105 Å². The van der Waals surface area contributed by atoms with Crippen LogP contribution in [0.4, 0.5) is 5.69 Å². The van der Waals surface area contributed by atoms with E-state index >= 15 is 0 Å². The van der Waals surface area contributed by atoms with E-state index in [-0.39, 0.29) is 24.1 Å². The Bertz CT molecular complexity index is 1240. The molecule has 0 saturated heterocycles. The SMILES string of the molecule is C=CCn1c(SCC(=O)c2ccc3c(c2)NC(=O)CO3)nnc1[C@H]1COc2ccccc2O1. The molecule has 1 amide bonds. The second-order valence-corrected chi connectivity index (χ2v) is 8.31. The van der Waals surface area contributed by atoms with Crippen molar-refractivity contribution in [3.8, 4) is 17.2 Å². The van der Waals surface area contributed by atoms with Crippen LogP contribution in [-0.2, 0) is 11.3 Å². The molecule has 0 aliphatic carbocycles. The molecule has 0 unspecified atom stereocenters. The molecule has 2 aromatic carbocycles. The molecule has 10 heteroatoms. The summed E-state index contributed by atoms with van der Waals surface area (Å²) in [5, 5.41) is 11.9. The first-order valence-corrected chi connectivity index (χ1v) is 11.3. The predicted octanol–water partition coefficient (Wildman–Crippen LogP) is 3.28. The summed E-state index contributed by atoms with van der Waals surface area (Å²) < 4.78 is 19.1. The van der Waals surface area contributed by atoms with Crippen LogP contribution in [0.1, 0.15) is 22.3 Å². The molecule has 0 fully saturated rings. The summed E-state index contributed by atoms with van der Waals surface area (Å²) in [6, 6.07) is 12.5. The Labute approximate surface area is 193 Å². The van der Waals surface area contributed by atoms with Gasteiger partial charge in [-0.15, -0.1) is 16.8 Å². The minimum Gasteiger partial charge on any atom is -0.485 e. The van der Waals surface area contributed by atoms with Crippen LogP contribution in [0.5, 0.6) is 17.2 Å². The predicted molar refractivity (Wildman–Crippen MR) is 121 cm³/mol. The average Bonchev–Trinajstić information content (AvgIpc) is 3.24. The number of nitrogens with zero attached hydrogens (tertiary/aromatic N) is 3. The minimum atomic E-state index is -0.429. The second kappa shape index (κ2) is 8.99. The number of ether oxygens (including phenoxy) is 3. The first-order chi connectivity index (χ1) is 16.1. The van der Waals surface area contributed by atoms with Gasteiger partial charge in [0.2, 0.25) is 0 Å². The lowest BCUT2D eigenvalue weighted by Crippen LogP contribution is -2.25. The van der Waals surface area contributed by atoms with E-state index in [9.17, 15) is 9.59 Å². The molecule has 1 N–H and O–H groups in total. The van der Waals surface area contributed by atoms with Gasteiger partial charge in [0, 0.05) is 12.1 Å². The molecule has 2 aliphatic rings. The third-order valence-corrected chi connectivity index (χ3v) is 6.09. The number of hydrogen-bond donors (Lipinski definition) is 1. The summed E-state index contributed by atoms with van der Waals surface area (Å²) in [5.74, 6) is 2.28. The van der Waals surface area contributed by atoms with Gasteiger partial charge in [0.25, 0.3) is 5.91 Å². The fourth-order valence-electron chi connectivity index (χ4n) is 3.56. The lowest BCUT2D eigenvalue weighted by Gasteiger charge is -2.26. The normalized spacial score (nSPS) is 16.4. The van der Waals surface area contributed by atoms with Crippen molar-refractivity contribution < 1.29 is 23.8 Å². The molecule has 9 nitrogen and oxygen atoms in total. The van der Waals surface area contributed by atoms with Crippen molar-refractivity contribution in [2.75, 3.05) is 24.3 Å². The summed E-state index contributed by atoms with van der Waals surface area (Å²) in [4.78, 5) is 24.4. The van der Waals surface area contributed by atoms with Gasteiger partial charge in [-0.05, 0) is 30.3 Å². The average molecular weight is 465 g/mol. The number of fused-ring (bicyclic) bond motifs is 2. The van der Waals surface area contributed by atoms with E-state index in [2.05, 4.69) is 22.1 Å². The van der Waals surface area contributed by atoms with Gasteiger partial charge in [0.1, 0.15) is 12.4 Å². The molecule has 168 valence electrons. The Kier molecular flexibility index (Phi) is 5.74. The number of para-hydroxylation sites is 2. The van der Waals surface area contributed by atoms with Crippen molar-refractivity contribution in [1.29, 1.82) is 0 Å². The fourth-order valence-corrected chi connectivity index (χ4v) is 4.41. The standard InChI is InChI=1S/C23H20N4O5S/c1-2-9-27-22(20-11-30-18-5-3-4-6-19(18)32-20)25-26-23(27)33-13-16(28)14-7-8-17-15(10-14)24-21(29)12-31-17/h2-8,10,20H,1,9,11-13H2,(H,24,29)/t20-/m1/s1. The number of carbonyl (C=O) groups is 2. The van der Waals surface area contributed by atoms with Gasteiger partial charge in [-0.3, -0.25) is 14.2 Å². The van der Waals surface area contributed by atoms with Gasteiger partial charge in [0.05, 0.1) is 11.4 Å². The van der Waals surface area contributed by atoms with E-state index in [0.717, 1.165) is 0 Å². The van der Waals surface area contributed by atoms with E-state index in [1.807, 2.05) is 28.8 Å². The number of allylic oxidation sites excluding steroid dienone is 1. The summed E-state index contributed by atoms with van der Waals surface area (Å²) >= 11 is 1.28. The highest BCUT2D eigenvalue weighted by molar-refractivity contribution is 7.99. The summed E-state index contributed by atoms with van der Waals surface area (Å²) in [5.41, 5.74) is 0.969. The molecule has 3 aromatic rings. The Morgan fingerprint density at radius 2 is 2.03 bits per heavy atom. The van der Waals surface area contributed by atoms with Crippen molar-refractivity contribution in [2.24, 2.45) is 0 Å². The van der Waals surface area contributed by atoms with Crippen LogP contribution in [0.15, 0.2) is 60.3 Å². The number of aromatic nitrogens is 3. The Hall–Kier alpha value is -3.79. The summed E-state index contributed by atoms with van der Waals surface area (Å²) in [7, 11) is 0. The molecular weight excluding hydrogens is 444 g/mol.